The molecule has 0 aromatic carbocycles. The number of allylic oxidation sites excluding steroid dienone is 8. The molecule has 0 N–H and O–H groups in total. The number of carbonyl (C=O) groups is 3. The number of carbonyl (C=O) groups excluding carboxylic acids is 3. The highest BCUT2D eigenvalue weighted by Gasteiger charge is 2.19. The summed E-state index contributed by atoms with van der Waals surface area (Å²) < 4.78 is 16.7. The average Bonchev–Trinajstić information content (AvgIpc) is 3.24. The number of hydrogen-bond acceptors (Lipinski definition) is 6. The highest BCUT2D eigenvalue weighted by atomic mass is 16.6. The van der Waals surface area contributed by atoms with E-state index in [1.807, 2.05) is 0 Å². The fourth-order valence-electron chi connectivity index (χ4n) is 7.22. The highest BCUT2D eigenvalue weighted by molar-refractivity contribution is 5.71. The van der Waals surface area contributed by atoms with Crippen molar-refractivity contribution in [2.75, 3.05) is 13.2 Å². The molecule has 0 bridgehead atoms. The van der Waals surface area contributed by atoms with E-state index >= 15 is 0 Å². The van der Waals surface area contributed by atoms with Gasteiger partial charge in [-0.25, -0.2) is 0 Å². The minimum Gasteiger partial charge on any atom is -0.462 e. The van der Waals surface area contributed by atoms with Gasteiger partial charge in [0, 0.05) is 19.3 Å². The molecule has 1 unspecified atom stereocenters. The lowest BCUT2D eigenvalue weighted by atomic mass is 10.0. The summed E-state index contributed by atoms with van der Waals surface area (Å²) in [6.07, 6.45) is 58.2. The van der Waals surface area contributed by atoms with Crippen molar-refractivity contribution in [1.82, 2.24) is 0 Å². The van der Waals surface area contributed by atoms with E-state index in [9.17, 15) is 14.4 Å². The molecular weight excluding hydrogens is 745 g/mol. The number of unbranched alkanes of at least 4 members (excludes halogenated alkanes) is 27. The first-order chi connectivity index (χ1) is 29.5. The van der Waals surface area contributed by atoms with E-state index < -0.39 is 6.10 Å². The molecule has 0 aromatic rings. The smallest absolute Gasteiger partial charge is 0.306 e. The van der Waals surface area contributed by atoms with Crippen molar-refractivity contribution in [3.8, 4) is 0 Å². The Morgan fingerprint density at radius 2 is 0.650 bits per heavy atom. The van der Waals surface area contributed by atoms with Crippen LogP contribution in [0, 0.1) is 0 Å². The Balaban J connectivity index is 4.34. The lowest BCUT2D eigenvalue weighted by molar-refractivity contribution is -0.167. The van der Waals surface area contributed by atoms with Crippen LogP contribution in [0.3, 0.4) is 0 Å². The van der Waals surface area contributed by atoms with Crippen LogP contribution in [-0.2, 0) is 28.6 Å². The Labute approximate surface area is 371 Å². The first-order valence-corrected chi connectivity index (χ1v) is 25.6. The SMILES string of the molecule is CC/C=C\C/C=C\C/C=C\CCCCC(=O)OC(COC(=O)CCCCCCC/C=C\CCCCC)COC(=O)CCCCCCCCCCCCCCCCCCCC. The molecule has 0 radical (unpaired) electrons. The fourth-order valence-corrected chi connectivity index (χ4v) is 7.22. The van der Waals surface area contributed by atoms with Gasteiger partial charge in [-0.2, -0.15) is 0 Å². The molecule has 0 aliphatic carbocycles. The van der Waals surface area contributed by atoms with Gasteiger partial charge in [0.05, 0.1) is 0 Å². The van der Waals surface area contributed by atoms with Gasteiger partial charge in [0.1, 0.15) is 13.2 Å². The van der Waals surface area contributed by atoms with Gasteiger partial charge in [0.2, 0.25) is 0 Å². The lowest BCUT2D eigenvalue weighted by Crippen LogP contribution is -2.30. The third-order valence-corrected chi connectivity index (χ3v) is 11.1. The first-order valence-electron chi connectivity index (χ1n) is 25.6. The summed E-state index contributed by atoms with van der Waals surface area (Å²) in [5, 5.41) is 0. The van der Waals surface area contributed by atoms with Crippen LogP contribution in [0.4, 0.5) is 0 Å². The summed E-state index contributed by atoms with van der Waals surface area (Å²) in [6, 6.07) is 0. The quantitative estimate of drug-likeness (QED) is 0.0263. The van der Waals surface area contributed by atoms with E-state index in [0.29, 0.717) is 19.3 Å². The fraction of sp³-hybridized carbons (Fsp3) is 0.796. The molecule has 0 rings (SSSR count). The molecule has 0 aliphatic heterocycles. The van der Waals surface area contributed by atoms with Gasteiger partial charge >= 0.3 is 17.9 Å². The van der Waals surface area contributed by atoms with Crippen molar-refractivity contribution in [1.29, 1.82) is 0 Å². The van der Waals surface area contributed by atoms with Gasteiger partial charge in [-0.3, -0.25) is 14.4 Å². The molecule has 0 aromatic heterocycles. The van der Waals surface area contributed by atoms with E-state index in [1.54, 1.807) is 0 Å². The van der Waals surface area contributed by atoms with Crippen LogP contribution >= 0.6 is 0 Å². The molecule has 6 nitrogen and oxygen atoms in total. The van der Waals surface area contributed by atoms with Crippen molar-refractivity contribution in [3.05, 3.63) is 48.6 Å². The molecule has 348 valence electrons. The zero-order valence-corrected chi connectivity index (χ0v) is 39.7. The first kappa shape index (κ1) is 57.4. The van der Waals surface area contributed by atoms with Crippen molar-refractivity contribution in [2.24, 2.45) is 0 Å². The second kappa shape index (κ2) is 49.0. The third-order valence-electron chi connectivity index (χ3n) is 11.1. The van der Waals surface area contributed by atoms with Crippen LogP contribution in [0.15, 0.2) is 48.6 Å². The van der Waals surface area contributed by atoms with E-state index in [2.05, 4.69) is 69.4 Å². The van der Waals surface area contributed by atoms with E-state index in [0.717, 1.165) is 77.0 Å². The van der Waals surface area contributed by atoms with Gasteiger partial charge in [-0.05, 0) is 77.0 Å². The summed E-state index contributed by atoms with van der Waals surface area (Å²) in [5.41, 5.74) is 0. The predicted molar refractivity (Wildman–Crippen MR) is 256 cm³/mol. The zero-order chi connectivity index (χ0) is 43.7. The molecule has 60 heavy (non-hydrogen) atoms. The summed E-state index contributed by atoms with van der Waals surface area (Å²) in [5.74, 6) is -0.932. The molecule has 0 saturated carbocycles. The van der Waals surface area contributed by atoms with Crippen molar-refractivity contribution in [3.63, 3.8) is 0 Å². The Morgan fingerprint density at radius 3 is 1.10 bits per heavy atom. The van der Waals surface area contributed by atoms with Crippen LogP contribution in [0.2, 0.25) is 0 Å². The third kappa shape index (κ3) is 46.4. The summed E-state index contributed by atoms with van der Waals surface area (Å²) in [4.78, 5) is 37.9. The van der Waals surface area contributed by atoms with Gasteiger partial charge in [0.15, 0.2) is 6.10 Å². The Bertz CT molecular complexity index is 1060. The normalized spacial score (nSPS) is 12.4. The zero-order valence-electron chi connectivity index (χ0n) is 39.7. The number of ether oxygens (including phenoxy) is 3. The molecule has 0 amide bonds. The lowest BCUT2D eigenvalue weighted by Gasteiger charge is -2.18. The summed E-state index contributed by atoms with van der Waals surface area (Å²) in [7, 11) is 0. The van der Waals surface area contributed by atoms with Crippen LogP contribution in [0.5, 0.6) is 0 Å². The second-order valence-electron chi connectivity index (χ2n) is 17.1. The minimum absolute atomic E-state index is 0.0888. The van der Waals surface area contributed by atoms with Crippen molar-refractivity contribution in [2.45, 2.75) is 264 Å². The maximum absolute atomic E-state index is 12.7. The Hall–Kier alpha value is -2.63. The van der Waals surface area contributed by atoms with Crippen LogP contribution in [-0.4, -0.2) is 37.2 Å². The number of esters is 3. The van der Waals surface area contributed by atoms with E-state index in [1.165, 1.54) is 135 Å². The van der Waals surface area contributed by atoms with Gasteiger partial charge < -0.3 is 14.2 Å². The Kier molecular flexibility index (Phi) is 46.9. The summed E-state index contributed by atoms with van der Waals surface area (Å²) in [6.45, 7) is 6.47. The standard InChI is InChI=1S/C54H96O6/c1-4-7-10-13-16-19-22-25-26-27-28-29-30-33-35-38-41-44-47-53(56)59-50-51(60-54(57)48-45-42-39-36-32-24-21-18-15-12-9-6-3)49-58-52(55)46-43-40-37-34-31-23-20-17-14-11-8-5-2/h9,12,17-18,20-21,32,36,51H,4-8,10-11,13-16,19,22-31,33-35,37-50H2,1-3H3/b12-9-,20-17-,21-18-,36-32-. The largest absolute Gasteiger partial charge is 0.462 e. The maximum atomic E-state index is 12.7. The van der Waals surface area contributed by atoms with Crippen LogP contribution in [0.1, 0.15) is 258 Å². The van der Waals surface area contributed by atoms with Crippen LogP contribution < -0.4 is 0 Å². The van der Waals surface area contributed by atoms with Crippen molar-refractivity contribution >= 4 is 17.9 Å². The van der Waals surface area contributed by atoms with Gasteiger partial charge in [-0.1, -0.05) is 211 Å². The second-order valence-corrected chi connectivity index (χ2v) is 17.1. The molecule has 1 atom stereocenters. The van der Waals surface area contributed by atoms with Crippen molar-refractivity contribution < 1.29 is 28.6 Å². The number of rotatable bonds is 46. The molecule has 0 spiro atoms. The molecule has 0 aliphatic rings. The minimum atomic E-state index is -0.792. The maximum Gasteiger partial charge on any atom is 0.306 e. The monoisotopic (exact) mass is 841 g/mol. The Morgan fingerprint density at radius 1 is 0.350 bits per heavy atom. The van der Waals surface area contributed by atoms with E-state index in [-0.39, 0.29) is 37.5 Å². The summed E-state index contributed by atoms with van der Waals surface area (Å²) >= 11 is 0. The topological polar surface area (TPSA) is 78.9 Å². The molecule has 0 fully saturated rings. The highest BCUT2D eigenvalue weighted by Crippen LogP contribution is 2.16. The van der Waals surface area contributed by atoms with Crippen LogP contribution in [0.25, 0.3) is 0 Å². The van der Waals surface area contributed by atoms with Gasteiger partial charge in [-0.15, -0.1) is 0 Å². The van der Waals surface area contributed by atoms with Gasteiger partial charge in [0.25, 0.3) is 0 Å². The van der Waals surface area contributed by atoms with E-state index in [4.69, 9.17) is 14.2 Å². The predicted octanol–water partition coefficient (Wildman–Crippen LogP) is 16.7. The molecule has 6 heteroatoms. The number of hydrogen-bond donors (Lipinski definition) is 0. The molecular formula is C54H96O6. The molecule has 0 heterocycles. The average molecular weight is 841 g/mol. The molecule has 0 saturated heterocycles.